The van der Waals surface area contributed by atoms with Crippen molar-refractivity contribution >= 4 is 17.3 Å². The molecule has 0 heterocycles. The van der Waals surface area contributed by atoms with Crippen LogP contribution in [0.5, 0.6) is 0 Å². The summed E-state index contributed by atoms with van der Waals surface area (Å²) in [4.78, 5) is 10.1. The first-order chi connectivity index (χ1) is 4.16. The van der Waals surface area contributed by atoms with Crippen molar-refractivity contribution in [2.24, 2.45) is 0 Å². The molecular weight excluding hydrogens is 146 g/mol. The first-order valence-corrected chi connectivity index (χ1v) is 2.90. The zero-order valence-electron chi connectivity index (χ0n) is 4.36. The van der Waals surface area contributed by atoms with E-state index in [1.807, 2.05) is 0 Å². The molecule has 0 spiro atoms. The highest BCUT2D eigenvalue weighted by Gasteiger charge is 1.94. The zero-order chi connectivity index (χ0) is 7.28. The van der Waals surface area contributed by atoms with Gasteiger partial charge in [0.15, 0.2) is 0 Å². The summed E-state index contributed by atoms with van der Waals surface area (Å²) >= 11 is -2.47. The Morgan fingerprint density at radius 2 is 2.44 bits per heavy atom. The van der Waals surface area contributed by atoms with Crippen LogP contribution in [0.4, 0.5) is 0 Å². The number of hydrogen-bond acceptors (Lipinski definition) is 3. The minimum Gasteiger partial charge on any atom is -0.282 e. The van der Waals surface area contributed by atoms with Crippen LogP contribution in [0.25, 0.3) is 0 Å². The van der Waals surface area contributed by atoms with E-state index >= 15 is 0 Å². The molecule has 0 aliphatic heterocycles. The number of hydrogen-bond donors (Lipinski definition) is 2. The second-order valence-corrected chi connectivity index (χ2v) is 1.57. The zero-order valence-corrected chi connectivity index (χ0v) is 5.18. The third-order valence-electron chi connectivity index (χ3n) is 0.399. The van der Waals surface area contributed by atoms with E-state index in [9.17, 15) is 9.00 Å². The van der Waals surface area contributed by atoms with E-state index in [-0.39, 0.29) is 0 Å². The van der Waals surface area contributed by atoms with Gasteiger partial charge in [0, 0.05) is 0 Å². The molecule has 6 heteroatoms. The summed E-state index contributed by atoms with van der Waals surface area (Å²) in [7, 11) is 0. The summed E-state index contributed by atoms with van der Waals surface area (Å²) in [6.45, 7) is 3.07. The Bertz CT molecular complexity index is 145. The Balaban J connectivity index is 3.39. The molecule has 0 aromatic carbocycles. The van der Waals surface area contributed by atoms with Gasteiger partial charge in [0.25, 0.3) is 5.91 Å². The third kappa shape index (κ3) is 5.15. The first-order valence-electron chi connectivity index (χ1n) is 1.87. The number of hydroxylamine groups is 1. The van der Waals surface area contributed by atoms with E-state index in [0.29, 0.717) is 0 Å². The second-order valence-electron chi connectivity index (χ2n) is 0.971. The van der Waals surface area contributed by atoms with Gasteiger partial charge in [0.1, 0.15) is 0 Å². The average Bonchev–Trinajstić information content (AvgIpc) is 1.83. The topological polar surface area (TPSA) is 75.6 Å². The van der Waals surface area contributed by atoms with Gasteiger partial charge in [0.2, 0.25) is 0 Å². The Kier molecular flexibility index (Phi) is 3.85. The molecule has 0 saturated heterocycles. The van der Waals surface area contributed by atoms with Crippen LogP contribution in [0.2, 0.25) is 0 Å². The fourth-order valence-electron chi connectivity index (χ4n) is 0.118. The largest absolute Gasteiger partial charge is 0.324 e. The van der Waals surface area contributed by atoms with Crippen LogP contribution >= 0.6 is 0 Å². The van der Waals surface area contributed by atoms with Crippen LogP contribution in [0.3, 0.4) is 0 Å². The molecule has 0 bridgehead atoms. The van der Waals surface area contributed by atoms with E-state index in [2.05, 4.69) is 10.9 Å². The normalized spacial score (nSPS) is 12.1. The molecule has 9 heavy (non-hydrogen) atoms. The Morgan fingerprint density at radius 3 is 2.78 bits per heavy atom. The van der Waals surface area contributed by atoms with Crippen LogP contribution in [-0.2, 0) is 20.4 Å². The van der Waals surface area contributed by atoms with Gasteiger partial charge in [-0.2, -0.15) is 4.21 Å². The summed E-state index contributed by atoms with van der Waals surface area (Å²) in [6.07, 6.45) is 0.910. The minimum absolute atomic E-state index is 0.669. The van der Waals surface area contributed by atoms with Gasteiger partial charge >= 0.3 is 11.4 Å². The molecule has 0 fully saturated rings. The maximum atomic E-state index is 10.1. The molecule has 1 atom stereocenters. The van der Waals surface area contributed by atoms with Crippen LogP contribution in [0, 0.1) is 0 Å². The Morgan fingerprint density at radius 1 is 1.89 bits per heavy atom. The predicted molar refractivity (Wildman–Crippen MR) is 30.2 cm³/mol. The highest BCUT2D eigenvalue weighted by atomic mass is 32.2. The maximum absolute atomic E-state index is 10.1. The van der Waals surface area contributed by atoms with Crippen LogP contribution in [-0.4, -0.2) is 14.7 Å². The molecule has 5 nitrogen and oxygen atoms in total. The smallest absolute Gasteiger partial charge is 0.282 e. The van der Waals surface area contributed by atoms with E-state index in [0.717, 1.165) is 6.08 Å². The lowest BCUT2D eigenvalue weighted by atomic mass is 10.6. The lowest BCUT2D eigenvalue weighted by Crippen LogP contribution is -2.21. The van der Waals surface area contributed by atoms with Gasteiger partial charge in [-0.3, -0.25) is 9.35 Å². The van der Waals surface area contributed by atoms with Gasteiger partial charge < -0.3 is 0 Å². The number of nitrogens with one attached hydrogen (secondary N) is 1. The van der Waals surface area contributed by atoms with E-state index in [1.54, 1.807) is 5.48 Å². The van der Waals surface area contributed by atoms with Gasteiger partial charge in [-0.05, 0) is 6.08 Å². The van der Waals surface area contributed by atoms with Crippen molar-refractivity contribution in [3.05, 3.63) is 12.7 Å². The van der Waals surface area contributed by atoms with Gasteiger partial charge in [-0.25, -0.2) is 5.48 Å². The number of amides is 1. The molecule has 0 rings (SSSR count). The second kappa shape index (κ2) is 4.19. The fourth-order valence-corrected chi connectivity index (χ4v) is 0.272. The standard InChI is InChI=1S/C3H5NO4S/c1-2-3(5)4-8-9(6)7/h2H,1H2,(H,4,5)(H,6,7). The number of rotatable bonds is 3. The average molecular weight is 151 g/mol. The molecule has 0 saturated carbocycles. The van der Waals surface area contributed by atoms with E-state index in [4.69, 9.17) is 4.55 Å². The van der Waals surface area contributed by atoms with E-state index < -0.39 is 17.3 Å². The van der Waals surface area contributed by atoms with E-state index in [1.165, 1.54) is 0 Å². The van der Waals surface area contributed by atoms with Crippen molar-refractivity contribution in [1.29, 1.82) is 0 Å². The molecule has 1 unspecified atom stereocenters. The lowest BCUT2D eigenvalue weighted by molar-refractivity contribution is -0.122. The molecule has 0 aromatic rings. The predicted octanol–water partition coefficient (Wildman–Crippen LogP) is -0.643. The molecule has 0 aliphatic rings. The quantitative estimate of drug-likeness (QED) is 0.319. The van der Waals surface area contributed by atoms with Crippen molar-refractivity contribution < 1.29 is 17.8 Å². The molecule has 52 valence electrons. The minimum atomic E-state index is -2.47. The highest BCUT2D eigenvalue weighted by Crippen LogP contribution is 1.72. The lowest BCUT2D eigenvalue weighted by Gasteiger charge is -1.93. The van der Waals surface area contributed by atoms with Gasteiger partial charge in [0.05, 0.1) is 0 Å². The Hall–Kier alpha value is -0.720. The molecule has 0 aromatic heterocycles. The van der Waals surface area contributed by atoms with Crippen molar-refractivity contribution in [2.75, 3.05) is 0 Å². The fraction of sp³-hybridized carbons (Fsp3) is 0. The maximum Gasteiger partial charge on any atom is 0.324 e. The summed E-state index contributed by atoms with van der Waals surface area (Å²) < 4.78 is 21.3. The number of carbonyl (C=O) groups is 1. The summed E-state index contributed by atoms with van der Waals surface area (Å²) in [5.74, 6) is -0.669. The Labute approximate surface area is 54.1 Å². The van der Waals surface area contributed by atoms with Crippen LogP contribution in [0.1, 0.15) is 0 Å². The van der Waals surface area contributed by atoms with Crippen molar-refractivity contribution in [2.45, 2.75) is 0 Å². The molecule has 2 N–H and O–H groups in total. The molecule has 0 aliphatic carbocycles. The summed E-state index contributed by atoms with van der Waals surface area (Å²) in [6, 6.07) is 0. The van der Waals surface area contributed by atoms with Crippen molar-refractivity contribution in [3.8, 4) is 0 Å². The van der Waals surface area contributed by atoms with Crippen molar-refractivity contribution in [3.63, 3.8) is 0 Å². The molecular formula is C3H5NO4S. The monoisotopic (exact) mass is 151 g/mol. The summed E-state index contributed by atoms with van der Waals surface area (Å²) in [5.41, 5.74) is 1.62. The third-order valence-corrected chi connectivity index (χ3v) is 0.625. The number of carbonyl (C=O) groups excluding carboxylic acids is 1. The first kappa shape index (κ1) is 8.28. The van der Waals surface area contributed by atoms with Crippen LogP contribution < -0.4 is 5.48 Å². The molecule has 0 radical (unpaired) electrons. The van der Waals surface area contributed by atoms with Crippen molar-refractivity contribution in [1.82, 2.24) is 5.48 Å². The van der Waals surface area contributed by atoms with Crippen LogP contribution in [0.15, 0.2) is 12.7 Å². The van der Waals surface area contributed by atoms with Gasteiger partial charge in [-0.15, -0.1) is 4.28 Å². The summed E-state index contributed by atoms with van der Waals surface area (Å²) in [5, 5.41) is 0. The highest BCUT2D eigenvalue weighted by molar-refractivity contribution is 7.74. The SMILES string of the molecule is C=CC(=O)NOS(=O)O. The van der Waals surface area contributed by atoms with Gasteiger partial charge in [-0.1, -0.05) is 6.58 Å². The molecule has 1 amide bonds.